The summed E-state index contributed by atoms with van der Waals surface area (Å²) in [6.45, 7) is 7.50. The van der Waals surface area contributed by atoms with E-state index in [0.717, 1.165) is 5.56 Å². The second kappa shape index (κ2) is 11.0. The first-order valence-corrected chi connectivity index (χ1v) is 9.85. The maximum atomic E-state index is 12.7. The van der Waals surface area contributed by atoms with Gasteiger partial charge in [0.15, 0.2) is 0 Å². The average Bonchev–Trinajstić information content (AvgIpc) is 2.69. The molecule has 0 spiro atoms. The molecule has 2 aromatic rings. The number of para-hydroxylation sites is 1. The summed E-state index contributed by atoms with van der Waals surface area (Å²) in [6, 6.07) is 14.3. The Hall–Kier alpha value is -3.35. The third-order valence-electron chi connectivity index (χ3n) is 4.25. The SMILES string of the molecule is COc1ccc(NC(=O)C(C(=O)NN=Cc2ccccc2OC(C)C)C(C)C)cc1. The second-order valence-electron chi connectivity index (χ2n) is 7.38. The van der Waals surface area contributed by atoms with Crippen molar-refractivity contribution in [3.8, 4) is 11.5 Å². The molecule has 2 rings (SSSR count). The number of nitrogens with zero attached hydrogens (tertiary/aromatic N) is 1. The van der Waals surface area contributed by atoms with Crippen molar-refractivity contribution in [2.75, 3.05) is 12.4 Å². The number of methoxy groups -OCH3 is 1. The Kier molecular flexibility index (Phi) is 8.41. The monoisotopic (exact) mass is 411 g/mol. The van der Waals surface area contributed by atoms with Crippen LogP contribution in [-0.2, 0) is 9.59 Å². The number of benzene rings is 2. The van der Waals surface area contributed by atoms with Crippen LogP contribution in [0.3, 0.4) is 0 Å². The lowest BCUT2D eigenvalue weighted by Gasteiger charge is -2.18. The Labute approximate surface area is 177 Å². The average molecular weight is 412 g/mol. The molecule has 0 radical (unpaired) electrons. The molecule has 0 bridgehead atoms. The molecule has 0 saturated carbocycles. The van der Waals surface area contributed by atoms with E-state index in [1.54, 1.807) is 31.4 Å². The number of carbonyl (C=O) groups is 2. The Bertz CT molecular complexity index is 876. The van der Waals surface area contributed by atoms with Gasteiger partial charge in [0.1, 0.15) is 17.4 Å². The first kappa shape index (κ1) is 22.9. The lowest BCUT2D eigenvalue weighted by Crippen LogP contribution is -2.39. The number of amides is 2. The number of nitrogens with one attached hydrogen (secondary N) is 2. The molecule has 0 saturated heterocycles. The fraction of sp³-hybridized carbons (Fsp3) is 0.348. The van der Waals surface area contributed by atoms with E-state index in [0.29, 0.717) is 17.2 Å². The number of hydrazone groups is 1. The molecule has 7 heteroatoms. The minimum Gasteiger partial charge on any atom is -0.497 e. The van der Waals surface area contributed by atoms with Crippen LogP contribution in [0.15, 0.2) is 53.6 Å². The van der Waals surface area contributed by atoms with Crippen LogP contribution < -0.4 is 20.2 Å². The van der Waals surface area contributed by atoms with E-state index in [-0.39, 0.29) is 12.0 Å². The molecule has 0 fully saturated rings. The summed E-state index contributed by atoms with van der Waals surface area (Å²) in [5.74, 6) is -0.632. The van der Waals surface area contributed by atoms with Crippen LogP contribution >= 0.6 is 0 Å². The van der Waals surface area contributed by atoms with Crippen LogP contribution in [0.4, 0.5) is 5.69 Å². The predicted molar refractivity (Wildman–Crippen MR) is 118 cm³/mol. The van der Waals surface area contributed by atoms with Crippen molar-refractivity contribution in [3.05, 3.63) is 54.1 Å². The third kappa shape index (κ3) is 6.62. The zero-order valence-electron chi connectivity index (χ0n) is 18.0. The van der Waals surface area contributed by atoms with Gasteiger partial charge in [0, 0.05) is 11.3 Å². The minimum atomic E-state index is -0.897. The summed E-state index contributed by atoms with van der Waals surface area (Å²) < 4.78 is 10.8. The second-order valence-corrected chi connectivity index (χ2v) is 7.38. The van der Waals surface area contributed by atoms with Gasteiger partial charge in [0.25, 0.3) is 5.91 Å². The summed E-state index contributed by atoms with van der Waals surface area (Å²) in [7, 11) is 1.57. The lowest BCUT2D eigenvalue weighted by atomic mass is 9.94. The number of ether oxygens (including phenoxy) is 2. The number of rotatable bonds is 9. The highest BCUT2D eigenvalue weighted by molar-refractivity contribution is 6.06. The molecule has 2 N–H and O–H groups in total. The van der Waals surface area contributed by atoms with Gasteiger partial charge in [0.2, 0.25) is 5.91 Å². The van der Waals surface area contributed by atoms with Crippen molar-refractivity contribution in [2.24, 2.45) is 16.9 Å². The molecular weight excluding hydrogens is 382 g/mol. The molecule has 0 aliphatic carbocycles. The van der Waals surface area contributed by atoms with Crippen LogP contribution in [0.5, 0.6) is 11.5 Å². The van der Waals surface area contributed by atoms with Crippen LogP contribution in [0.25, 0.3) is 0 Å². The minimum absolute atomic E-state index is 0.0149. The van der Waals surface area contributed by atoms with Crippen molar-refractivity contribution in [1.82, 2.24) is 5.43 Å². The quantitative estimate of drug-likeness (QED) is 0.373. The fourth-order valence-corrected chi connectivity index (χ4v) is 2.80. The maximum Gasteiger partial charge on any atom is 0.252 e. The number of anilines is 1. The van der Waals surface area contributed by atoms with E-state index >= 15 is 0 Å². The molecule has 0 aromatic heterocycles. The molecule has 7 nitrogen and oxygen atoms in total. The van der Waals surface area contributed by atoms with Crippen molar-refractivity contribution < 1.29 is 19.1 Å². The molecule has 0 aliphatic heterocycles. The van der Waals surface area contributed by atoms with Crippen molar-refractivity contribution >= 4 is 23.7 Å². The van der Waals surface area contributed by atoms with Gasteiger partial charge in [-0.05, 0) is 56.2 Å². The summed E-state index contributed by atoms with van der Waals surface area (Å²) in [5, 5.41) is 6.79. The van der Waals surface area contributed by atoms with Gasteiger partial charge < -0.3 is 14.8 Å². The topological polar surface area (TPSA) is 89.0 Å². The Morgan fingerprint density at radius 1 is 0.967 bits per heavy atom. The van der Waals surface area contributed by atoms with Crippen molar-refractivity contribution in [1.29, 1.82) is 0 Å². The number of carbonyl (C=O) groups excluding carboxylic acids is 2. The Morgan fingerprint density at radius 3 is 2.23 bits per heavy atom. The molecule has 0 heterocycles. The van der Waals surface area contributed by atoms with Gasteiger partial charge in [0.05, 0.1) is 19.4 Å². The molecule has 1 unspecified atom stereocenters. The van der Waals surface area contributed by atoms with Gasteiger partial charge in [-0.15, -0.1) is 0 Å². The first-order chi connectivity index (χ1) is 14.3. The molecule has 160 valence electrons. The van der Waals surface area contributed by atoms with Gasteiger partial charge in [-0.25, -0.2) is 5.43 Å². The normalized spacial score (nSPS) is 12.1. The van der Waals surface area contributed by atoms with Crippen LogP contribution in [0.1, 0.15) is 33.3 Å². The molecule has 2 aromatic carbocycles. The predicted octanol–water partition coefficient (Wildman–Crippen LogP) is 3.84. The summed E-state index contributed by atoms with van der Waals surface area (Å²) >= 11 is 0. The van der Waals surface area contributed by atoms with Crippen LogP contribution in [0.2, 0.25) is 0 Å². The summed E-state index contributed by atoms with van der Waals surface area (Å²) in [5.41, 5.74) is 3.79. The van der Waals surface area contributed by atoms with E-state index in [1.807, 2.05) is 52.0 Å². The summed E-state index contributed by atoms with van der Waals surface area (Å²) in [4.78, 5) is 25.3. The van der Waals surface area contributed by atoms with Crippen LogP contribution in [0, 0.1) is 11.8 Å². The number of hydrogen-bond donors (Lipinski definition) is 2. The van der Waals surface area contributed by atoms with E-state index in [9.17, 15) is 9.59 Å². The van der Waals surface area contributed by atoms with Crippen molar-refractivity contribution in [2.45, 2.75) is 33.8 Å². The van der Waals surface area contributed by atoms with E-state index in [2.05, 4.69) is 15.8 Å². The largest absolute Gasteiger partial charge is 0.497 e. The molecular formula is C23H29N3O4. The van der Waals surface area contributed by atoms with Gasteiger partial charge in [-0.3, -0.25) is 9.59 Å². The highest BCUT2D eigenvalue weighted by atomic mass is 16.5. The lowest BCUT2D eigenvalue weighted by molar-refractivity contribution is -0.134. The Balaban J connectivity index is 2.05. The molecule has 30 heavy (non-hydrogen) atoms. The zero-order valence-corrected chi connectivity index (χ0v) is 18.0. The standard InChI is InChI=1S/C23H29N3O4/c1-15(2)21(22(27)25-18-10-12-19(29-5)13-11-18)23(28)26-24-14-17-8-6-7-9-20(17)30-16(3)4/h6-16,21H,1-5H3,(H,25,27)(H,26,28). The van der Waals surface area contributed by atoms with Gasteiger partial charge in [-0.1, -0.05) is 26.0 Å². The molecule has 1 atom stereocenters. The maximum absolute atomic E-state index is 12.7. The first-order valence-electron chi connectivity index (χ1n) is 9.85. The van der Waals surface area contributed by atoms with Crippen LogP contribution in [-0.4, -0.2) is 31.2 Å². The number of hydrogen-bond acceptors (Lipinski definition) is 5. The van der Waals surface area contributed by atoms with Crippen molar-refractivity contribution in [3.63, 3.8) is 0 Å². The fourth-order valence-electron chi connectivity index (χ4n) is 2.80. The third-order valence-corrected chi connectivity index (χ3v) is 4.25. The molecule has 2 amide bonds. The van der Waals surface area contributed by atoms with E-state index in [1.165, 1.54) is 6.21 Å². The Morgan fingerprint density at radius 2 is 1.63 bits per heavy atom. The smallest absolute Gasteiger partial charge is 0.252 e. The van der Waals surface area contributed by atoms with E-state index < -0.39 is 17.7 Å². The van der Waals surface area contributed by atoms with E-state index in [4.69, 9.17) is 9.47 Å². The van der Waals surface area contributed by atoms with Gasteiger partial charge in [-0.2, -0.15) is 5.10 Å². The highest BCUT2D eigenvalue weighted by Gasteiger charge is 2.30. The molecule has 0 aliphatic rings. The highest BCUT2D eigenvalue weighted by Crippen LogP contribution is 2.19. The van der Waals surface area contributed by atoms with Gasteiger partial charge >= 0.3 is 0 Å². The summed E-state index contributed by atoms with van der Waals surface area (Å²) in [6.07, 6.45) is 1.52. The zero-order chi connectivity index (χ0) is 22.1.